The highest BCUT2D eigenvalue weighted by Crippen LogP contribution is 2.28. The van der Waals surface area contributed by atoms with E-state index in [-0.39, 0.29) is 0 Å². The Kier molecular flexibility index (Phi) is 4.18. The minimum absolute atomic E-state index is 0.304. The zero-order valence-electron chi connectivity index (χ0n) is 11.3. The molecule has 1 saturated heterocycles. The molecule has 1 atom stereocenters. The standard InChI is InChI=1S/C13H20F3N3/c1-10(2)18-5-3-4-11(7-18)12-6-17-19(8-12)9-13(14,15)16/h6,8,10-11H,3-5,7,9H2,1-2H3. The van der Waals surface area contributed by atoms with Crippen molar-refractivity contribution >= 4 is 0 Å². The van der Waals surface area contributed by atoms with Gasteiger partial charge < -0.3 is 4.90 Å². The number of rotatable bonds is 3. The van der Waals surface area contributed by atoms with E-state index < -0.39 is 12.7 Å². The Morgan fingerprint density at radius 2 is 2.16 bits per heavy atom. The number of hydrogen-bond acceptors (Lipinski definition) is 2. The molecule has 108 valence electrons. The maximum atomic E-state index is 12.3. The van der Waals surface area contributed by atoms with E-state index in [0.717, 1.165) is 36.2 Å². The number of piperidine rings is 1. The van der Waals surface area contributed by atoms with E-state index in [1.807, 2.05) is 0 Å². The van der Waals surface area contributed by atoms with Gasteiger partial charge in [-0.05, 0) is 44.7 Å². The lowest BCUT2D eigenvalue weighted by Crippen LogP contribution is -2.39. The molecule has 2 heterocycles. The number of halogens is 3. The summed E-state index contributed by atoms with van der Waals surface area (Å²) in [6.45, 7) is 5.28. The molecule has 0 amide bonds. The molecule has 1 aliphatic rings. The number of likely N-dealkylation sites (tertiary alicyclic amines) is 1. The van der Waals surface area contributed by atoms with Crippen molar-refractivity contribution in [1.82, 2.24) is 14.7 Å². The van der Waals surface area contributed by atoms with Gasteiger partial charge in [-0.25, -0.2) is 0 Å². The van der Waals surface area contributed by atoms with E-state index in [1.54, 1.807) is 12.4 Å². The van der Waals surface area contributed by atoms with Crippen LogP contribution < -0.4 is 0 Å². The van der Waals surface area contributed by atoms with Crippen molar-refractivity contribution < 1.29 is 13.2 Å². The van der Waals surface area contributed by atoms with Gasteiger partial charge in [-0.3, -0.25) is 4.68 Å². The summed E-state index contributed by atoms with van der Waals surface area (Å²) >= 11 is 0. The van der Waals surface area contributed by atoms with Crippen LogP contribution in [0.15, 0.2) is 12.4 Å². The second-order valence-corrected chi connectivity index (χ2v) is 5.51. The minimum Gasteiger partial charge on any atom is -0.300 e. The van der Waals surface area contributed by atoms with Crippen molar-refractivity contribution in [2.24, 2.45) is 0 Å². The third kappa shape index (κ3) is 3.96. The lowest BCUT2D eigenvalue weighted by molar-refractivity contribution is -0.142. The van der Waals surface area contributed by atoms with Crippen LogP contribution in [0.25, 0.3) is 0 Å². The molecular weight excluding hydrogens is 255 g/mol. The Hall–Kier alpha value is -1.04. The normalized spacial score (nSPS) is 22.1. The third-order valence-corrected chi connectivity index (χ3v) is 3.65. The fraction of sp³-hybridized carbons (Fsp3) is 0.769. The molecule has 3 nitrogen and oxygen atoms in total. The Morgan fingerprint density at radius 1 is 1.42 bits per heavy atom. The average Bonchev–Trinajstić information content (AvgIpc) is 2.75. The Bertz CT molecular complexity index is 412. The molecule has 0 radical (unpaired) electrons. The molecule has 2 rings (SSSR count). The highest BCUT2D eigenvalue weighted by Gasteiger charge is 2.29. The topological polar surface area (TPSA) is 21.1 Å². The van der Waals surface area contributed by atoms with Gasteiger partial charge >= 0.3 is 6.18 Å². The second-order valence-electron chi connectivity index (χ2n) is 5.51. The van der Waals surface area contributed by atoms with Crippen LogP contribution in [-0.2, 0) is 6.54 Å². The Labute approximate surface area is 111 Å². The van der Waals surface area contributed by atoms with Crippen molar-refractivity contribution in [3.63, 3.8) is 0 Å². The molecule has 1 unspecified atom stereocenters. The number of alkyl halides is 3. The lowest BCUT2D eigenvalue weighted by Gasteiger charge is -2.35. The summed E-state index contributed by atoms with van der Waals surface area (Å²) < 4.78 is 37.9. The molecule has 0 N–H and O–H groups in total. The first kappa shape index (κ1) is 14.4. The highest BCUT2D eigenvalue weighted by molar-refractivity contribution is 5.13. The van der Waals surface area contributed by atoms with Gasteiger partial charge in [-0.15, -0.1) is 0 Å². The molecule has 0 spiro atoms. The molecule has 1 fully saturated rings. The van der Waals surface area contributed by atoms with Crippen LogP contribution >= 0.6 is 0 Å². The zero-order valence-corrected chi connectivity index (χ0v) is 11.3. The van der Waals surface area contributed by atoms with Crippen molar-refractivity contribution in [1.29, 1.82) is 0 Å². The summed E-state index contributed by atoms with van der Waals surface area (Å²) in [5.74, 6) is 0.304. The molecule has 1 aromatic rings. The SMILES string of the molecule is CC(C)N1CCCC(c2cnn(CC(F)(F)F)c2)C1. The quantitative estimate of drug-likeness (QED) is 0.845. The summed E-state index contributed by atoms with van der Waals surface area (Å²) in [6, 6.07) is 0.480. The molecule has 1 aromatic heterocycles. The van der Waals surface area contributed by atoms with Crippen molar-refractivity contribution in [2.75, 3.05) is 13.1 Å². The zero-order chi connectivity index (χ0) is 14.0. The van der Waals surface area contributed by atoms with Gasteiger partial charge in [-0.2, -0.15) is 18.3 Å². The van der Waals surface area contributed by atoms with Crippen LogP contribution in [0, 0.1) is 0 Å². The van der Waals surface area contributed by atoms with E-state index in [1.165, 1.54) is 0 Å². The van der Waals surface area contributed by atoms with Gasteiger partial charge in [0.15, 0.2) is 0 Å². The van der Waals surface area contributed by atoms with E-state index in [9.17, 15) is 13.2 Å². The monoisotopic (exact) mass is 275 g/mol. The second kappa shape index (κ2) is 5.53. The first-order valence-corrected chi connectivity index (χ1v) is 6.68. The predicted molar refractivity (Wildman–Crippen MR) is 67.0 cm³/mol. The van der Waals surface area contributed by atoms with E-state index >= 15 is 0 Å². The molecule has 19 heavy (non-hydrogen) atoms. The predicted octanol–water partition coefficient (Wildman–Crippen LogP) is 3.03. The first-order chi connectivity index (χ1) is 8.85. The fourth-order valence-corrected chi connectivity index (χ4v) is 2.61. The van der Waals surface area contributed by atoms with Gasteiger partial charge in [-0.1, -0.05) is 0 Å². The largest absolute Gasteiger partial charge is 0.408 e. The molecule has 0 saturated carbocycles. The molecule has 0 aliphatic carbocycles. The Balaban J connectivity index is 2.02. The summed E-state index contributed by atoms with van der Waals surface area (Å²) in [5.41, 5.74) is 0.926. The summed E-state index contributed by atoms with van der Waals surface area (Å²) in [4.78, 5) is 2.37. The van der Waals surface area contributed by atoms with Crippen LogP contribution in [0.5, 0.6) is 0 Å². The summed E-state index contributed by atoms with van der Waals surface area (Å²) in [7, 11) is 0. The van der Waals surface area contributed by atoms with E-state index in [0.29, 0.717) is 12.0 Å². The molecular formula is C13H20F3N3. The molecule has 6 heteroatoms. The highest BCUT2D eigenvalue weighted by atomic mass is 19.4. The number of hydrogen-bond donors (Lipinski definition) is 0. The number of aromatic nitrogens is 2. The van der Waals surface area contributed by atoms with Gasteiger partial charge in [0.05, 0.1) is 6.20 Å². The average molecular weight is 275 g/mol. The molecule has 1 aliphatic heterocycles. The van der Waals surface area contributed by atoms with E-state index in [2.05, 4.69) is 23.8 Å². The van der Waals surface area contributed by atoms with E-state index in [4.69, 9.17) is 0 Å². The number of nitrogens with zero attached hydrogens (tertiary/aromatic N) is 3. The molecule has 0 bridgehead atoms. The smallest absolute Gasteiger partial charge is 0.300 e. The van der Waals surface area contributed by atoms with Gasteiger partial charge in [0, 0.05) is 18.8 Å². The Morgan fingerprint density at radius 3 is 2.79 bits per heavy atom. The third-order valence-electron chi connectivity index (χ3n) is 3.65. The van der Waals surface area contributed by atoms with Crippen molar-refractivity contribution in [2.45, 2.75) is 51.4 Å². The summed E-state index contributed by atoms with van der Waals surface area (Å²) in [6.07, 6.45) is 1.04. The first-order valence-electron chi connectivity index (χ1n) is 6.68. The van der Waals surface area contributed by atoms with Crippen LogP contribution in [0.1, 0.15) is 38.2 Å². The lowest BCUT2D eigenvalue weighted by atomic mass is 9.92. The minimum atomic E-state index is -4.21. The van der Waals surface area contributed by atoms with Gasteiger partial charge in [0.25, 0.3) is 0 Å². The molecule has 0 aromatic carbocycles. The van der Waals surface area contributed by atoms with Gasteiger partial charge in [0.2, 0.25) is 0 Å². The van der Waals surface area contributed by atoms with Gasteiger partial charge in [0.1, 0.15) is 6.54 Å². The van der Waals surface area contributed by atoms with Crippen LogP contribution in [0.2, 0.25) is 0 Å². The maximum absolute atomic E-state index is 12.3. The van der Waals surface area contributed by atoms with Crippen molar-refractivity contribution in [3.8, 4) is 0 Å². The van der Waals surface area contributed by atoms with Crippen LogP contribution in [0.4, 0.5) is 13.2 Å². The van der Waals surface area contributed by atoms with Crippen LogP contribution in [-0.4, -0.2) is 40.0 Å². The van der Waals surface area contributed by atoms with Crippen LogP contribution in [0.3, 0.4) is 0 Å². The fourth-order valence-electron chi connectivity index (χ4n) is 2.61. The van der Waals surface area contributed by atoms with Crippen molar-refractivity contribution in [3.05, 3.63) is 18.0 Å². The summed E-state index contributed by atoms with van der Waals surface area (Å²) in [5, 5.41) is 3.82. The maximum Gasteiger partial charge on any atom is 0.408 e.